The molecule has 40 heavy (non-hydrogen) atoms. The molecule has 1 nitrogen and oxygen atoms in total. The highest BCUT2D eigenvalue weighted by Gasteiger charge is 2.50. The van der Waals surface area contributed by atoms with E-state index in [4.69, 9.17) is 0 Å². The van der Waals surface area contributed by atoms with Gasteiger partial charge in [-0.3, -0.25) is 0 Å². The summed E-state index contributed by atoms with van der Waals surface area (Å²) in [6.07, 6.45) is 35.3. The van der Waals surface area contributed by atoms with Gasteiger partial charge in [-0.1, -0.05) is 111 Å². The van der Waals surface area contributed by atoms with Gasteiger partial charge in [0.25, 0.3) is 0 Å². The smallest absolute Gasteiger partial charge is 0.0600 e. The Hall–Kier alpha value is -0.120. The van der Waals surface area contributed by atoms with Gasteiger partial charge < -0.3 is 4.90 Å². The number of hydrogen-bond acceptors (Lipinski definition) is 1. The fraction of sp³-hybridized carbons (Fsp3) is 0.838. The van der Waals surface area contributed by atoms with E-state index in [1.807, 2.05) is 10.9 Å². The summed E-state index contributed by atoms with van der Waals surface area (Å²) in [5, 5.41) is 1.93. The first kappa shape index (κ1) is 28.6. The largest absolute Gasteiger partial charge is 0.367 e. The van der Waals surface area contributed by atoms with Gasteiger partial charge in [0.05, 0.1) is 6.04 Å². The summed E-state index contributed by atoms with van der Waals surface area (Å²) in [5.41, 5.74) is 8.87. The van der Waals surface area contributed by atoms with E-state index < -0.39 is 0 Å². The zero-order valence-electron chi connectivity index (χ0n) is 25.9. The van der Waals surface area contributed by atoms with E-state index in [0.29, 0.717) is 0 Å². The maximum absolute atomic E-state index is 2.81. The van der Waals surface area contributed by atoms with Crippen molar-refractivity contribution in [2.75, 3.05) is 11.9 Å². The molecule has 1 aromatic rings. The van der Waals surface area contributed by atoms with Gasteiger partial charge in [-0.25, -0.2) is 0 Å². The Labute approximate surface area is 249 Å². The van der Waals surface area contributed by atoms with Crippen LogP contribution in [0.25, 0.3) is 0 Å². The van der Waals surface area contributed by atoms with Crippen LogP contribution in [-0.2, 0) is 0 Å². The van der Waals surface area contributed by atoms with E-state index >= 15 is 0 Å². The lowest BCUT2D eigenvalue weighted by atomic mass is 9.82. The number of fused-ring (bicyclic) bond motifs is 1. The summed E-state index contributed by atoms with van der Waals surface area (Å²) in [6, 6.07) is 8.43. The summed E-state index contributed by atoms with van der Waals surface area (Å²) in [4.78, 5) is 2.81. The predicted molar refractivity (Wildman–Crippen MR) is 180 cm³/mol. The van der Waals surface area contributed by atoms with Crippen molar-refractivity contribution in [1.29, 1.82) is 0 Å². The summed E-state index contributed by atoms with van der Waals surface area (Å²) >= 11 is 0. The van der Waals surface area contributed by atoms with E-state index in [1.54, 1.807) is 37.8 Å². The lowest BCUT2D eigenvalue weighted by Crippen LogP contribution is -2.46. The monoisotopic (exact) mass is 579 g/mol. The van der Waals surface area contributed by atoms with Crippen LogP contribution in [0.1, 0.15) is 159 Å². The van der Waals surface area contributed by atoms with Crippen molar-refractivity contribution in [2.45, 2.75) is 182 Å². The molecule has 5 aliphatic carbocycles. The van der Waals surface area contributed by atoms with Crippen LogP contribution in [0.5, 0.6) is 0 Å². The zero-order valence-corrected chi connectivity index (χ0v) is 27.7. The molecule has 0 amide bonds. The standard InChI is InChI=1S/C37H59NP2/c1-38-33-25-15-27-35(40(30-20-10-4-11-21-30)31-22-12-5-13-23-31)36(33)37(38)32-24-14-26-34(32)39(28-16-6-2-7-17-28)29-18-8-3-9-19-29/h15,25,27-32,34,37H,2-14,16-24,26H2,1H3. The number of benzene rings is 1. The molecule has 0 spiro atoms. The van der Waals surface area contributed by atoms with Crippen LogP contribution in [0.4, 0.5) is 5.69 Å². The Bertz CT molecular complexity index is 917. The first-order valence-electron chi connectivity index (χ1n) is 18.2. The molecule has 5 fully saturated rings. The third-order valence-corrected chi connectivity index (χ3v) is 20.4. The average Bonchev–Trinajstić information content (AvgIpc) is 3.48. The van der Waals surface area contributed by atoms with Gasteiger partial charge in [0.2, 0.25) is 0 Å². The number of anilines is 1. The number of hydrogen-bond donors (Lipinski definition) is 0. The number of rotatable bonds is 7. The molecular formula is C37H59NP2. The summed E-state index contributed by atoms with van der Waals surface area (Å²) in [7, 11) is 2.67. The van der Waals surface area contributed by atoms with Crippen molar-refractivity contribution in [2.24, 2.45) is 5.92 Å². The molecule has 0 radical (unpaired) electrons. The van der Waals surface area contributed by atoms with E-state index in [-0.39, 0.29) is 15.8 Å². The topological polar surface area (TPSA) is 3.24 Å². The van der Waals surface area contributed by atoms with Crippen LogP contribution in [0.15, 0.2) is 18.2 Å². The molecule has 1 aromatic carbocycles. The highest BCUT2D eigenvalue weighted by atomic mass is 31.1. The van der Waals surface area contributed by atoms with Gasteiger partial charge in [0.15, 0.2) is 0 Å². The van der Waals surface area contributed by atoms with Gasteiger partial charge in [-0.2, -0.15) is 0 Å². The van der Waals surface area contributed by atoms with Gasteiger partial charge in [0, 0.05) is 18.3 Å². The van der Waals surface area contributed by atoms with Crippen LogP contribution in [-0.4, -0.2) is 35.3 Å². The Morgan fingerprint density at radius 2 is 1.05 bits per heavy atom. The predicted octanol–water partition coefficient (Wildman–Crippen LogP) is 11.3. The maximum Gasteiger partial charge on any atom is 0.0600 e. The van der Waals surface area contributed by atoms with Crippen LogP contribution >= 0.6 is 15.8 Å². The van der Waals surface area contributed by atoms with Crippen molar-refractivity contribution in [3.05, 3.63) is 23.8 Å². The summed E-state index contributed by atoms with van der Waals surface area (Å²) in [5.74, 6) is 0.947. The van der Waals surface area contributed by atoms with Crippen molar-refractivity contribution in [3.8, 4) is 0 Å². The minimum absolute atomic E-state index is 0.0132. The Kier molecular flexibility index (Phi) is 9.49. The fourth-order valence-corrected chi connectivity index (χ4v) is 19.7. The lowest BCUT2D eigenvalue weighted by molar-refractivity contribution is 0.399. The minimum Gasteiger partial charge on any atom is -0.367 e. The van der Waals surface area contributed by atoms with Gasteiger partial charge in [0.1, 0.15) is 0 Å². The SMILES string of the molecule is CN1c2cccc(P(C3CCCCC3)C3CCCCC3)c2C1C1CCCC1P(C1CCCCC1)C1CCCCC1. The first-order chi connectivity index (χ1) is 19.8. The Balaban J connectivity index is 1.22. The van der Waals surface area contributed by atoms with Gasteiger partial charge >= 0.3 is 0 Å². The summed E-state index contributed by atoms with van der Waals surface area (Å²) < 4.78 is 0. The molecule has 7 rings (SSSR count). The fourth-order valence-electron chi connectivity index (χ4n) is 10.9. The normalized spacial score (nSPS) is 31.6. The third kappa shape index (κ3) is 5.60. The van der Waals surface area contributed by atoms with E-state index in [0.717, 1.165) is 40.3 Å². The van der Waals surface area contributed by atoms with Crippen LogP contribution in [0, 0.1) is 5.92 Å². The summed E-state index contributed by atoms with van der Waals surface area (Å²) in [6.45, 7) is 0. The molecule has 1 aliphatic heterocycles. The number of nitrogens with zero attached hydrogens (tertiary/aromatic N) is 1. The molecule has 0 aromatic heterocycles. The molecule has 0 bridgehead atoms. The van der Waals surface area contributed by atoms with Crippen molar-refractivity contribution in [1.82, 2.24) is 0 Å². The van der Waals surface area contributed by atoms with Gasteiger partial charge in [-0.15, -0.1) is 0 Å². The maximum atomic E-state index is 2.81. The molecule has 0 N–H and O–H groups in total. The molecule has 222 valence electrons. The molecule has 3 unspecified atom stereocenters. The second-order valence-electron chi connectivity index (χ2n) is 14.9. The molecule has 3 atom stereocenters. The Morgan fingerprint density at radius 1 is 0.550 bits per heavy atom. The van der Waals surface area contributed by atoms with E-state index in [1.165, 1.54) is 116 Å². The highest BCUT2D eigenvalue weighted by Crippen LogP contribution is 2.67. The van der Waals surface area contributed by atoms with E-state index in [9.17, 15) is 0 Å². The molecule has 6 aliphatic rings. The lowest BCUT2D eigenvalue weighted by Gasteiger charge is -2.53. The molecule has 3 heteroatoms. The van der Waals surface area contributed by atoms with Crippen molar-refractivity contribution >= 4 is 26.8 Å². The highest BCUT2D eigenvalue weighted by molar-refractivity contribution is 7.67. The van der Waals surface area contributed by atoms with Crippen LogP contribution in [0.2, 0.25) is 0 Å². The third-order valence-electron chi connectivity index (χ3n) is 12.7. The molecular weight excluding hydrogens is 520 g/mol. The van der Waals surface area contributed by atoms with Crippen molar-refractivity contribution < 1.29 is 0 Å². The molecule has 1 heterocycles. The quantitative estimate of drug-likeness (QED) is 0.290. The van der Waals surface area contributed by atoms with Crippen LogP contribution in [0.3, 0.4) is 0 Å². The van der Waals surface area contributed by atoms with Gasteiger partial charge in [-0.05, 0) is 110 Å². The Morgan fingerprint density at radius 3 is 1.57 bits per heavy atom. The second-order valence-corrected chi connectivity index (χ2v) is 20.7. The van der Waals surface area contributed by atoms with E-state index in [2.05, 4.69) is 30.1 Å². The minimum atomic E-state index is -0.0132. The second kappa shape index (κ2) is 13.3. The zero-order chi connectivity index (χ0) is 26.9. The molecule has 0 saturated heterocycles. The van der Waals surface area contributed by atoms with Crippen LogP contribution < -0.4 is 10.2 Å². The average molecular weight is 580 g/mol. The first-order valence-corrected chi connectivity index (χ1v) is 21.3. The van der Waals surface area contributed by atoms with Crippen molar-refractivity contribution in [3.63, 3.8) is 0 Å². The molecule has 5 saturated carbocycles.